The van der Waals surface area contributed by atoms with Gasteiger partial charge in [0.05, 0.1) is 7.11 Å². The van der Waals surface area contributed by atoms with Crippen molar-refractivity contribution in [3.05, 3.63) is 28.8 Å². The van der Waals surface area contributed by atoms with Crippen LogP contribution in [0, 0.1) is 13.8 Å². The maximum absolute atomic E-state index is 11.1. The zero-order chi connectivity index (χ0) is 11.6. The molecule has 4 nitrogen and oxygen atoms in total. The lowest BCUT2D eigenvalue weighted by Gasteiger charge is -2.11. The van der Waals surface area contributed by atoms with Crippen LogP contribution in [-0.4, -0.2) is 23.3 Å². The highest BCUT2D eigenvalue weighted by atomic mass is 16.5. The number of ether oxygens (including phenoxy) is 1. The van der Waals surface area contributed by atoms with Crippen LogP contribution in [-0.2, 0) is 9.53 Å². The first kappa shape index (κ1) is 11.5. The van der Waals surface area contributed by atoms with E-state index < -0.39 is 12.1 Å². The Balaban J connectivity index is 3.11. The number of benzene rings is 1. The molecule has 0 saturated carbocycles. The topological polar surface area (TPSA) is 66.8 Å². The smallest absolute Gasteiger partial charge is 0.339 e. The summed E-state index contributed by atoms with van der Waals surface area (Å²) in [5.74, 6) is -0.532. The Labute approximate surface area is 88.1 Å². The first-order valence-corrected chi connectivity index (χ1v) is 4.53. The highest BCUT2D eigenvalue weighted by Crippen LogP contribution is 2.26. The van der Waals surface area contributed by atoms with Crippen LogP contribution in [0.25, 0.3) is 0 Å². The molecule has 1 unspecified atom stereocenters. The minimum atomic E-state index is -1.30. The first-order chi connectivity index (χ1) is 6.97. The molecule has 82 valence electrons. The lowest BCUT2D eigenvalue weighted by molar-refractivity contribution is -0.150. The van der Waals surface area contributed by atoms with Crippen LogP contribution in [0.1, 0.15) is 22.8 Å². The number of aliphatic hydroxyl groups is 1. The van der Waals surface area contributed by atoms with Gasteiger partial charge in [0.15, 0.2) is 6.10 Å². The van der Waals surface area contributed by atoms with Crippen LogP contribution in [0.4, 0.5) is 0 Å². The van der Waals surface area contributed by atoms with Gasteiger partial charge in [-0.05, 0) is 42.7 Å². The van der Waals surface area contributed by atoms with Crippen LogP contribution in [0.2, 0.25) is 0 Å². The van der Waals surface area contributed by atoms with Gasteiger partial charge in [-0.25, -0.2) is 4.79 Å². The summed E-state index contributed by atoms with van der Waals surface area (Å²) in [4.78, 5) is 11.1. The maximum atomic E-state index is 11.1. The van der Waals surface area contributed by atoms with E-state index in [1.807, 2.05) is 0 Å². The van der Waals surface area contributed by atoms with Crippen molar-refractivity contribution in [2.75, 3.05) is 7.11 Å². The second-order valence-corrected chi connectivity index (χ2v) is 3.43. The van der Waals surface area contributed by atoms with Crippen molar-refractivity contribution >= 4 is 5.97 Å². The molecule has 0 heterocycles. The van der Waals surface area contributed by atoms with Gasteiger partial charge in [-0.15, -0.1) is 0 Å². The average molecular weight is 210 g/mol. The molecule has 0 aromatic heterocycles. The Hall–Kier alpha value is -1.55. The van der Waals surface area contributed by atoms with E-state index in [-0.39, 0.29) is 5.75 Å². The molecule has 0 aliphatic heterocycles. The molecular weight excluding hydrogens is 196 g/mol. The fourth-order valence-corrected chi connectivity index (χ4v) is 1.39. The number of aliphatic hydroxyl groups excluding tert-OH is 1. The predicted molar refractivity (Wildman–Crippen MR) is 54.6 cm³/mol. The molecule has 2 N–H and O–H groups in total. The summed E-state index contributed by atoms with van der Waals surface area (Å²) in [5, 5.41) is 19.1. The minimum Gasteiger partial charge on any atom is -0.507 e. The summed E-state index contributed by atoms with van der Waals surface area (Å²) in [7, 11) is 1.21. The number of carbonyl (C=O) groups is 1. The van der Waals surface area contributed by atoms with E-state index >= 15 is 0 Å². The Bertz CT molecular complexity index is 361. The normalized spacial score (nSPS) is 12.3. The molecule has 1 aromatic rings. The second-order valence-electron chi connectivity index (χ2n) is 3.43. The van der Waals surface area contributed by atoms with Gasteiger partial charge < -0.3 is 14.9 Å². The number of aromatic hydroxyl groups is 1. The zero-order valence-electron chi connectivity index (χ0n) is 8.94. The number of phenolic OH excluding ortho intramolecular Hbond substituents is 1. The van der Waals surface area contributed by atoms with E-state index in [9.17, 15) is 15.0 Å². The SMILES string of the molecule is COC(=O)C(O)c1cc(C)c(O)c(C)c1. The number of rotatable bonds is 2. The molecule has 4 heteroatoms. The van der Waals surface area contributed by atoms with E-state index in [1.165, 1.54) is 7.11 Å². The molecule has 1 atom stereocenters. The van der Waals surface area contributed by atoms with Crippen molar-refractivity contribution in [3.63, 3.8) is 0 Å². The van der Waals surface area contributed by atoms with Crippen molar-refractivity contribution < 1.29 is 19.7 Å². The molecule has 0 spiro atoms. The van der Waals surface area contributed by atoms with Gasteiger partial charge in [0.1, 0.15) is 5.75 Å². The Morgan fingerprint density at radius 1 is 1.33 bits per heavy atom. The third-order valence-electron chi connectivity index (χ3n) is 2.25. The van der Waals surface area contributed by atoms with Crippen molar-refractivity contribution in [1.29, 1.82) is 0 Å². The van der Waals surface area contributed by atoms with Gasteiger partial charge in [-0.3, -0.25) is 0 Å². The molecule has 0 radical (unpaired) electrons. The molecule has 1 aromatic carbocycles. The van der Waals surface area contributed by atoms with Gasteiger partial charge in [0.2, 0.25) is 0 Å². The number of hydrogen-bond acceptors (Lipinski definition) is 4. The van der Waals surface area contributed by atoms with E-state index in [1.54, 1.807) is 26.0 Å². The van der Waals surface area contributed by atoms with Crippen LogP contribution in [0.5, 0.6) is 5.75 Å². The maximum Gasteiger partial charge on any atom is 0.339 e. The van der Waals surface area contributed by atoms with Crippen LogP contribution >= 0.6 is 0 Å². The van der Waals surface area contributed by atoms with E-state index in [4.69, 9.17) is 0 Å². The lowest BCUT2D eigenvalue weighted by atomic mass is 10.0. The standard InChI is InChI=1S/C11H14O4/c1-6-4-8(5-7(2)9(6)12)10(13)11(14)15-3/h4-5,10,12-13H,1-3H3. The number of carbonyl (C=O) groups excluding carboxylic acids is 1. The number of methoxy groups -OCH3 is 1. The third kappa shape index (κ3) is 2.27. The molecule has 0 aliphatic rings. The quantitative estimate of drug-likeness (QED) is 0.720. The highest BCUT2D eigenvalue weighted by molar-refractivity contribution is 5.76. The van der Waals surface area contributed by atoms with Gasteiger partial charge >= 0.3 is 5.97 Å². The van der Waals surface area contributed by atoms with Gasteiger partial charge in [-0.2, -0.15) is 0 Å². The largest absolute Gasteiger partial charge is 0.507 e. The molecule has 0 aliphatic carbocycles. The van der Waals surface area contributed by atoms with Gasteiger partial charge in [0.25, 0.3) is 0 Å². The molecular formula is C11H14O4. The predicted octanol–water partition coefficient (Wildman–Crippen LogP) is 1.22. The number of phenols is 1. The summed E-state index contributed by atoms with van der Waals surface area (Å²) in [6, 6.07) is 3.12. The molecule has 0 bridgehead atoms. The van der Waals surface area contributed by atoms with E-state index in [2.05, 4.69) is 4.74 Å². The van der Waals surface area contributed by atoms with Crippen LogP contribution in [0.15, 0.2) is 12.1 Å². The zero-order valence-corrected chi connectivity index (χ0v) is 8.94. The van der Waals surface area contributed by atoms with E-state index in [0.717, 1.165) is 0 Å². The monoisotopic (exact) mass is 210 g/mol. The fourth-order valence-electron chi connectivity index (χ4n) is 1.39. The molecule has 0 saturated heterocycles. The molecule has 15 heavy (non-hydrogen) atoms. The number of aryl methyl sites for hydroxylation is 2. The van der Waals surface area contributed by atoms with Crippen LogP contribution in [0.3, 0.4) is 0 Å². The average Bonchev–Trinajstić information content (AvgIpc) is 2.23. The second kappa shape index (κ2) is 4.31. The summed E-state index contributed by atoms with van der Waals surface area (Å²) in [6.45, 7) is 3.41. The summed E-state index contributed by atoms with van der Waals surface area (Å²) >= 11 is 0. The molecule has 0 fully saturated rings. The first-order valence-electron chi connectivity index (χ1n) is 4.53. The molecule has 0 amide bonds. The van der Waals surface area contributed by atoms with Gasteiger partial charge in [0, 0.05) is 0 Å². The van der Waals surface area contributed by atoms with E-state index in [0.29, 0.717) is 16.7 Å². The van der Waals surface area contributed by atoms with Crippen molar-refractivity contribution in [2.24, 2.45) is 0 Å². The third-order valence-corrected chi connectivity index (χ3v) is 2.25. The van der Waals surface area contributed by atoms with Crippen molar-refractivity contribution in [1.82, 2.24) is 0 Å². The summed E-state index contributed by atoms with van der Waals surface area (Å²) in [5.41, 5.74) is 1.66. The Kier molecular flexibility index (Phi) is 3.31. The Morgan fingerprint density at radius 2 is 1.80 bits per heavy atom. The fraction of sp³-hybridized carbons (Fsp3) is 0.364. The Morgan fingerprint density at radius 3 is 2.20 bits per heavy atom. The van der Waals surface area contributed by atoms with Crippen LogP contribution < -0.4 is 0 Å². The summed E-state index contributed by atoms with van der Waals surface area (Å²) in [6.07, 6.45) is -1.30. The minimum absolute atomic E-state index is 0.177. The van der Waals surface area contributed by atoms with Gasteiger partial charge in [-0.1, -0.05) is 0 Å². The van der Waals surface area contributed by atoms with Crippen molar-refractivity contribution in [2.45, 2.75) is 20.0 Å². The van der Waals surface area contributed by atoms with Crippen molar-refractivity contribution in [3.8, 4) is 5.75 Å². The molecule has 1 rings (SSSR count). The lowest BCUT2D eigenvalue weighted by Crippen LogP contribution is -2.13. The summed E-state index contributed by atoms with van der Waals surface area (Å²) < 4.78 is 4.42. The number of esters is 1. The highest BCUT2D eigenvalue weighted by Gasteiger charge is 2.19. The number of hydrogen-bond donors (Lipinski definition) is 2.